The molecule has 0 saturated carbocycles. The first kappa shape index (κ1) is 23.6. The third-order valence-electron chi connectivity index (χ3n) is 7.29. The molecule has 1 saturated heterocycles. The van der Waals surface area contributed by atoms with Crippen LogP contribution in [0.3, 0.4) is 0 Å². The number of pyridine rings is 1. The van der Waals surface area contributed by atoms with Crippen molar-refractivity contribution in [2.45, 2.75) is 32.1 Å². The summed E-state index contributed by atoms with van der Waals surface area (Å²) in [5.74, 6) is 6.66. The second kappa shape index (κ2) is 10.7. The van der Waals surface area contributed by atoms with Gasteiger partial charge in [0, 0.05) is 55.8 Å². The highest BCUT2D eigenvalue weighted by Gasteiger charge is 2.30. The van der Waals surface area contributed by atoms with Crippen LogP contribution in [0.2, 0.25) is 0 Å². The van der Waals surface area contributed by atoms with Gasteiger partial charge in [-0.2, -0.15) is 0 Å². The van der Waals surface area contributed by atoms with Gasteiger partial charge in [0.15, 0.2) is 0 Å². The van der Waals surface area contributed by atoms with Crippen molar-refractivity contribution in [3.05, 3.63) is 53.3 Å². The number of rotatable bonds is 6. The van der Waals surface area contributed by atoms with Gasteiger partial charge in [-0.25, -0.2) is 15.0 Å². The quantitative estimate of drug-likeness (QED) is 0.465. The Morgan fingerprint density at radius 2 is 2.08 bits per heavy atom. The monoisotopic (exact) mass is 497 g/mol. The first-order valence-corrected chi connectivity index (χ1v) is 13.1. The second-order valence-electron chi connectivity index (χ2n) is 9.67. The molecule has 2 aromatic heterocycles. The predicted molar refractivity (Wildman–Crippen MR) is 143 cm³/mol. The SMILES string of the molecule is O=C(C#CCCCCN1CCOCC1)Nc1cc2c(N3CCC4=C3CC3=CCNC3=C4)ncnc2cn1. The van der Waals surface area contributed by atoms with E-state index in [9.17, 15) is 4.79 Å². The summed E-state index contributed by atoms with van der Waals surface area (Å²) in [6.07, 6.45) is 12.4. The number of morpholine rings is 1. The van der Waals surface area contributed by atoms with E-state index < -0.39 is 0 Å². The van der Waals surface area contributed by atoms with Crippen LogP contribution in [0.15, 0.2) is 53.3 Å². The predicted octanol–water partition coefficient (Wildman–Crippen LogP) is 2.75. The lowest BCUT2D eigenvalue weighted by molar-refractivity contribution is -0.111. The van der Waals surface area contributed by atoms with Crippen molar-refractivity contribution in [1.82, 2.24) is 25.2 Å². The molecule has 6 rings (SSSR count). The summed E-state index contributed by atoms with van der Waals surface area (Å²) in [4.78, 5) is 30.6. The van der Waals surface area contributed by atoms with Crippen molar-refractivity contribution in [3.8, 4) is 11.8 Å². The van der Waals surface area contributed by atoms with Gasteiger partial charge in [0.25, 0.3) is 0 Å². The van der Waals surface area contributed by atoms with Crippen LogP contribution in [0, 0.1) is 11.8 Å². The van der Waals surface area contributed by atoms with Gasteiger partial charge in [-0.3, -0.25) is 15.0 Å². The minimum atomic E-state index is -0.352. The minimum absolute atomic E-state index is 0.352. The number of amides is 1. The maximum absolute atomic E-state index is 12.4. The van der Waals surface area contributed by atoms with Gasteiger partial charge in [-0.1, -0.05) is 12.0 Å². The average molecular weight is 498 g/mol. The van der Waals surface area contributed by atoms with Gasteiger partial charge in [0.05, 0.1) is 24.9 Å². The van der Waals surface area contributed by atoms with Crippen LogP contribution < -0.4 is 15.5 Å². The zero-order valence-corrected chi connectivity index (χ0v) is 20.9. The summed E-state index contributed by atoms with van der Waals surface area (Å²) in [7, 11) is 0. The van der Waals surface area contributed by atoms with Crippen LogP contribution in [0.25, 0.3) is 10.9 Å². The zero-order chi connectivity index (χ0) is 25.0. The summed E-state index contributed by atoms with van der Waals surface area (Å²) in [6.45, 7) is 6.47. The molecule has 2 N–H and O–H groups in total. The molecule has 1 aliphatic carbocycles. The van der Waals surface area contributed by atoms with Crippen LogP contribution in [-0.4, -0.2) is 71.7 Å². The topological polar surface area (TPSA) is 95.5 Å². The van der Waals surface area contributed by atoms with Crippen molar-refractivity contribution in [2.75, 3.05) is 56.2 Å². The van der Waals surface area contributed by atoms with Crippen molar-refractivity contribution in [1.29, 1.82) is 0 Å². The molecule has 37 heavy (non-hydrogen) atoms. The number of nitrogens with one attached hydrogen (secondary N) is 2. The molecule has 0 aromatic carbocycles. The highest BCUT2D eigenvalue weighted by Crippen LogP contribution is 2.40. The fourth-order valence-corrected chi connectivity index (χ4v) is 5.35. The molecule has 9 nitrogen and oxygen atoms in total. The summed E-state index contributed by atoms with van der Waals surface area (Å²) < 4.78 is 5.38. The van der Waals surface area contributed by atoms with Gasteiger partial charge < -0.3 is 15.0 Å². The van der Waals surface area contributed by atoms with Crippen LogP contribution >= 0.6 is 0 Å². The van der Waals surface area contributed by atoms with E-state index in [1.165, 1.54) is 22.5 Å². The summed E-state index contributed by atoms with van der Waals surface area (Å²) in [5.41, 5.74) is 5.99. The lowest BCUT2D eigenvalue weighted by Crippen LogP contribution is -2.36. The number of aromatic nitrogens is 3. The molecule has 0 atom stereocenters. The standard InChI is InChI=1S/C28H31N7O2/c36-27(5-3-1-2-4-9-34-11-13-37-14-12-34)33-26-17-22-24(18-30-26)31-19-32-28(22)35-10-7-21-15-23-20(6-8-29-23)16-25(21)35/h6,15,17-19,29H,1-2,4,7-14,16H2,(H,30,33,36). The Morgan fingerprint density at radius 1 is 1.16 bits per heavy atom. The molecule has 0 radical (unpaired) electrons. The Balaban J connectivity index is 1.10. The largest absolute Gasteiger partial charge is 0.381 e. The Bertz CT molecular complexity index is 1360. The molecule has 3 aliphatic heterocycles. The Hall–Kier alpha value is -3.74. The second-order valence-corrected chi connectivity index (χ2v) is 9.67. The number of hydrogen-bond acceptors (Lipinski definition) is 8. The fourth-order valence-electron chi connectivity index (χ4n) is 5.35. The zero-order valence-electron chi connectivity index (χ0n) is 20.9. The molecule has 4 aliphatic rings. The first-order chi connectivity index (χ1) is 18.2. The molecular weight excluding hydrogens is 466 g/mol. The van der Waals surface area contributed by atoms with Crippen LogP contribution in [0.4, 0.5) is 11.6 Å². The van der Waals surface area contributed by atoms with Gasteiger partial charge in [-0.15, -0.1) is 0 Å². The Kier molecular flexibility index (Phi) is 6.84. The van der Waals surface area contributed by atoms with Gasteiger partial charge in [-0.05, 0) is 55.0 Å². The smallest absolute Gasteiger partial charge is 0.301 e. The molecule has 190 valence electrons. The van der Waals surface area contributed by atoms with Gasteiger partial charge in [0.2, 0.25) is 0 Å². The number of nitrogens with zero attached hydrogens (tertiary/aromatic N) is 5. The van der Waals surface area contributed by atoms with E-state index in [0.717, 1.165) is 88.3 Å². The van der Waals surface area contributed by atoms with Gasteiger partial charge >= 0.3 is 5.91 Å². The van der Waals surface area contributed by atoms with Crippen molar-refractivity contribution in [2.24, 2.45) is 0 Å². The number of anilines is 2. The van der Waals surface area contributed by atoms with E-state index in [4.69, 9.17) is 4.74 Å². The number of allylic oxidation sites excluding steroid dienone is 3. The molecule has 0 spiro atoms. The number of fused-ring (bicyclic) bond motifs is 2. The molecular formula is C28H31N7O2. The van der Waals surface area contributed by atoms with Crippen molar-refractivity contribution >= 4 is 28.4 Å². The normalized spacial score (nSPS) is 19.0. The summed E-state index contributed by atoms with van der Waals surface area (Å²) >= 11 is 0. The average Bonchev–Trinajstić information content (AvgIpc) is 3.56. The lowest BCUT2D eigenvalue weighted by Gasteiger charge is -2.26. The molecule has 1 fully saturated rings. The molecule has 2 aromatic rings. The summed E-state index contributed by atoms with van der Waals surface area (Å²) in [5, 5.41) is 7.13. The third kappa shape index (κ3) is 5.22. The minimum Gasteiger partial charge on any atom is -0.381 e. The van der Waals surface area contributed by atoms with Crippen LogP contribution in [0.5, 0.6) is 0 Å². The number of carbonyl (C=O) groups excluding carboxylic acids is 1. The Morgan fingerprint density at radius 3 is 3.00 bits per heavy atom. The maximum Gasteiger partial charge on any atom is 0.301 e. The third-order valence-corrected chi connectivity index (χ3v) is 7.29. The van der Waals surface area contributed by atoms with E-state index in [0.29, 0.717) is 12.2 Å². The molecule has 1 amide bonds. The lowest BCUT2D eigenvalue weighted by atomic mass is 9.97. The van der Waals surface area contributed by atoms with Crippen LogP contribution in [0.1, 0.15) is 32.1 Å². The van der Waals surface area contributed by atoms with Crippen LogP contribution in [-0.2, 0) is 9.53 Å². The molecule has 9 heteroatoms. The van der Waals surface area contributed by atoms with E-state index in [-0.39, 0.29) is 5.91 Å². The van der Waals surface area contributed by atoms with E-state index in [1.54, 1.807) is 12.5 Å². The number of unbranched alkanes of at least 4 members (excludes halogenated alkanes) is 2. The molecule has 5 heterocycles. The number of carbonyl (C=O) groups is 1. The first-order valence-electron chi connectivity index (χ1n) is 13.1. The van der Waals surface area contributed by atoms with E-state index in [2.05, 4.69) is 59.4 Å². The van der Waals surface area contributed by atoms with Gasteiger partial charge in [0.1, 0.15) is 18.0 Å². The highest BCUT2D eigenvalue weighted by molar-refractivity contribution is 6.04. The Labute approximate surface area is 216 Å². The fraction of sp³-hybridized carbons (Fsp3) is 0.429. The summed E-state index contributed by atoms with van der Waals surface area (Å²) in [6, 6.07) is 1.85. The van der Waals surface area contributed by atoms with Crippen molar-refractivity contribution < 1.29 is 9.53 Å². The highest BCUT2D eigenvalue weighted by atomic mass is 16.5. The molecule has 0 bridgehead atoms. The van der Waals surface area contributed by atoms with E-state index in [1.807, 2.05) is 6.07 Å². The molecule has 0 unspecified atom stereocenters. The maximum atomic E-state index is 12.4. The number of ether oxygens (including phenoxy) is 1. The van der Waals surface area contributed by atoms with E-state index >= 15 is 0 Å². The van der Waals surface area contributed by atoms with Crippen molar-refractivity contribution in [3.63, 3.8) is 0 Å². The number of hydrogen-bond donors (Lipinski definition) is 2.